The van der Waals surface area contributed by atoms with Crippen LogP contribution >= 0.6 is 34.3 Å². The first-order chi connectivity index (χ1) is 38.4. The van der Waals surface area contributed by atoms with Crippen LogP contribution in [0.2, 0.25) is 5.15 Å². The van der Waals surface area contributed by atoms with Gasteiger partial charge in [0.2, 0.25) is 0 Å². The van der Waals surface area contributed by atoms with E-state index in [0.29, 0.717) is 66.5 Å². The maximum Gasteiger partial charge on any atom is 0.255 e. The van der Waals surface area contributed by atoms with Gasteiger partial charge in [-0.05, 0) is 133 Å². The number of benzene rings is 4. The highest BCUT2D eigenvalue weighted by molar-refractivity contribution is 7.15. The van der Waals surface area contributed by atoms with Gasteiger partial charge in [0.15, 0.2) is 0 Å². The largest absolute Gasteiger partial charge is 0.395 e. The van der Waals surface area contributed by atoms with Crippen LogP contribution in [0.4, 0.5) is 26.2 Å². The summed E-state index contributed by atoms with van der Waals surface area (Å²) >= 11 is 9.52. The number of pyridine rings is 2. The lowest BCUT2D eigenvalue weighted by molar-refractivity contribution is 0.0932. The van der Waals surface area contributed by atoms with Gasteiger partial charge < -0.3 is 43.2 Å². The molecule has 0 saturated carbocycles. The number of nitrogens with zero attached hydrogens (tertiary/aromatic N) is 6. The molecular formula is C58H56ClF2N13O3S2. The lowest BCUT2D eigenvalue weighted by Gasteiger charge is -2.16. The minimum atomic E-state index is -0.317. The minimum Gasteiger partial charge on any atom is -0.395 e. The van der Waals surface area contributed by atoms with Crippen LogP contribution in [0.15, 0.2) is 159 Å². The summed E-state index contributed by atoms with van der Waals surface area (Å²) in [6.07, 6.45) is 6.24. The van der Waals surface area contributed by atoms with E-state index < -0.39 is 0 Å². The second-order valence-electron chi connectivity index (χ2n) is 17.6. The molecule has 10 aromatic rings. The molecule has 16 nitrogen and oxygen atoms in total. The average molecular weight is 1120 g/mol. The summed E-state index contributed by atoms with van der Waals surface area (Å²) in [6, 6.07) is 38.6. The Kier molecular flexibility index (Phi) is 20.0. The van der Waals surface area contributed by atoms with E-state index in [1.54, 1.807) is 83.6 Å². The van der Waals surface area contributed by atoms with E-state index in [0.717, 1.165) is 63.6 Å². The molecule has 0 radical (unpaired) electrons. The number of aliphatic hydroxyl groups is 1. The van der Waals surface area contributed by atoms with E-state index in [2.05, 4.69) is 68.6 Å². The SMILES string of the molecule is C[C@H](NC(=O)c1cccnc1NCc1ccc(-c2ccc3ncnc(Cl)c3c2)s1)c1ccc(F)cc1.C[C@H](NC(=O)c1cccnc1NCc1ccc(-c2ccc3ncnc(NCCO)c3c2)s1)c1ccc(F)cc1.NCCN. The summed E-state index contributed by atoms with van der Waals surface area (Å²) in [5.74, 6) is 0.505. The van der Waals surface area contributed by atoms with Crippen LogP contribution in [-0.4, -0.2) is 73.1 Å². The predicted octanol–water partition coefficient (Wildman–Crippen LogP) is 11.0. The molecule has 2 atom stereocenters. The molecule has 0 aliphatic heterocycles. The van der Waals surface area contributed by atoms with E-state index >= 15 is 0 Å². The highest BCUT2D eigenvalue weighted by Gasteiger charge is 2.19. The average Bonchev–Trinajstić information content (AvgIpc) is 4.22. The molecule has 6 heterocycles. The number of rotatable bonds is 18. The Balaban J connectivity index is 0.000000195. The van der Waals surface area contributed by atoms with Gasteiger partial charge in [-0.15, -0.1) is 22.7 Å². The summed E-state index contributed by atoms with van der Waals surface area (Å²) in [5.41, 5.74) is 16.0. The second kappa shape index (κ2) is 27.8. The number of fused-ring (bicyclic) bond motifs is 2. The van der Waals surface area contributed by atoms with Crippen molar-refractivity contribution in [2.45, 2.75) is 39.0 Å². The van der Waals surface area contributed by atoms with Crippen LogP contribution in [0, 0.1) is 11.6 Å². The van der Waals surface area contributed by atoms with Gasteiger partial charge in [-0.25, -0.2) is 38.7 Å². The van der Waals surface area contributed by atoms with Crippen molar-refractivity contribution >= 4 is 85.3 Å². The lowest BCUT2D eigenvalue weighted by Crippen LogP contribution is -2.27. The van der Waals surface area contributed by atoms with Crippen LogP contribution in [0.1, 0.15) is 67.5 Å². The number of nitrogens with two attached hydrogens (primary N) is 2. The molecule has 2 amide bonds. The van der Waals surface area contributed by atoms with Crippen molar-refractivity contribution in [3.8, 4) is 20.9 Å². The number of carbonyl (C=O) groups is 2. The molecule has 10 rings (SSSR count). The summed E-state index contributed by atoms with van der Waals surface area (Å²) in [6.45, 7) is 6.33. The highest BCUT2D eigenvalue weighted by Crippen LogP contribution is 2.34. The number of aliphatic hydroxyl groups excluding tert-OH is 1. The monoisotopic (exact) mass is 1120 g/mol. The zero-order valence-electron chi connectivity index (χ0n) is 43.0. The topological polar surface area (TPSA) is 244 Å². The fourth-order valence-corrected chi connectivity index (χ4v) is 10.1. The van der Waals surface area contributed by atoms with Crippen LogP contribution < -0.4 is 38.1 Å². The molecule has 0 unspecified atom stereocenters. The molecule has 0 fully saturated rings. The lowest BCUT2D eigenvalue weighted by atomic mass is 10.1. The zero-order chi connectivity index (χ0) is 55.7. The Bertz CT molecular complexity index is 3640. The van der Waals surface area contributed by atoms with E-state index in [9.17, 15) is 18.4 Å². The van der Waals surface area contributed by atoms with Crippen LogP contribution in [0.5, 0.6) is 0 Å². The number of halogens is 3. The zero-order valence-corrected chi connectivity index (χ0v) is 45.3. The van der Waals surface area contributed by atoms with Crippen LogP contribution in [0.3, 0.4) is 0 Å². The Morgan fingerprint density at radius 2 is 1.04 bits per heavy atom. The normalized spacial score (nSPS) is 11.6. The first kappa shape index (κ1) is 56.8. The van der Waals surface area contributed by atoms with Crippen molar-refractivity contribution in [2.75, 3.05) is 42.2 Å². The number of aromatic nitrogens is 6. The maximum atomic E-state index is 13.3. The summed E-state index contributed by atoms with van der Waals surface area (Å²) in [7, 11) is 0. The number of amides is 2. The van der Waals surface area contributed by atoms with Crippen molar-refractivity contribution in [3.05, 3.63) is 207 Å². The number of hydrogen-bond acceptors (Lipinski definition) is 16. The molecule has 404 valence electrons. The van der Waals surface area contributed by atoms with E-state index in [1.165, 1.54) is 36.9 Å². The Hall–Kier alpha value is -8.37. The number of nitrogens with one attached hydrogen (secondary N) is 5. The number of carbonyl (C=O) groups excluding carboxylic acids is 2. The second-order valence-corrected chi connectivity index (χ2v) is 20.3. The molecule has 0 spiro atoms. The first-order valence-electron chi connectivity index (χ1n) is 25.0. The third kappa shape index (κ3) is 15.2. The molecule has 21 heteroatoms. The Labute approximate surface area is 467 Å². The van der Waals surface area contributed by atoms with Crippen molar-refractivity contribution in [1.29, 1.82) is 0 Å². The van der Waals surface area contributed by atoms with Crippen molar-refractivity contribution in [2.24, 2.45) is 11.5 Å². The summed E-state index contributed by atoms with van der Waals surface area (Å²) < 4.78 is 26.5. The maximum absolute atomic E-state index is 13.3. The van der Waals surface area contributed by atoms with Crippen LogP contribution in [-0.2, 0) is 13.1 Å². The summed E-state index contributed by atoms with van der Waals surface area (Å²) in [4.78, 5) is 56.0. The first-order valence-corrected chi connectivity index (χ1v) is 27.0. The van der Waals surface area contributed by atoms with Gasteiger partial charge in [-0.1, -0.05) is 48.0 Å². The molecule has 0 bridgehead atoms. The van der Waals surface area contributed by atoms with Gasteiger partial charge in [0, 0.05) is 62.3 Å². The molecule has 6 aromatic heterocycles. The van der Waals surface area contributed by atoms with Crippen molar-refractivity contribution < 1.29 is 23.5 Å². The molecule has 10 N–H and O–H groups in total. The molecule has 79 heavy (non-hydrogen) atoms. The number of anilines is 3. The molecule has 0 aliphatic carbocycles. The highest BCUT2D eigenvalue weighted by atomic mass is 35.5. The fourth-order valence-electron chi connectivity index (χ4n) is 7.98. The third-order valence-electron chi connectivity index (χ3n) is 12.1. The van der Waals surface area contributed by atoms with Gasteiger partial charge in [0.25, 0.3) is 11.8 Å². The van der Waals surface area contributed by atoms with Gasteiger partial charge in [-0.3, -0.25) is 9.59 Å². The fraction of sp³-hybridized carbons (Fsp3) is 0.172. The van der Waals surface area contributed by atoms with E-state index in [-0.39, 0.29) is 42.1 Å². The van der Waals surface area contributed by atoms with Crippen molar-refractivity contribution in [3.63, 3.8) is 0 Å². The van der Waals surface area contributed by atoms with Crippen LogP contribution in [0.25, 0.3) is 42.7 Å². The Morgan fingerprint density at radius 1 is 0.570 bits per heavy atom. The smallest absolute Gasteiger partial charge is 0.255 e. The van der Waals surface area contributed by atoms with E-state index in [4.69, 9.17) is 28.2 Å². The Morgan fingerprint density at radius 3 is 1.52 bits per heavy atom. The van der Waals surface area contributed by atoms with Gasteiger partial charge >= 0.3 is 0 Å². The van der Waals surface area contributed by atoms with Gasteiger partial charge in [0.1, 0.15) is 46.9 Å². The van der Waals surface area contributed by atoms with E-state index in [1.807, 2.05) is 62.4 Å². The quantitative estimate of drug-likeness (QED) is 0.0373. The minimum absolute atomic E-state index is 0.0133. The predicted molar refractivity (Wildman–Crippen MR) is 312 cm³/mol. The van der Waals surface area contributed by atoms with Gasteiger partial charge in [-0.2, -0.15) is 0 Å². The third-order valence-corrected chi connectivity index (χ3v) is 14.7. The molecule has 0 aliphatic rings. The summed E-state index contributed by atoms with van der Waals surface area (Å²) in [5, 5.41) is 26.9. The molecule has 0 saturated heterocycles. The van der Waals surface area contributed by atoms with Crippen molar-refractivity contribution in [1.82, 2.24) is 40.5 Å². The van der Waals surface area contributed by atoms with Gasteiger partial charge in [0.05, 0.1) is 53.9 Å². The standard InChI is InChI=1S/C29H27FN6O2S.C27H21ClFN5OS.C2H8N2/c1-18(19-4-7-21(30)8-5-19)36-29(38)23-3-2-12-31-27(23)33-16-22-9-11-26(39-22)20-6-10-25-24(15-20)28(32-13-14-37)35-17-34-25;1-16(17-4-7-19(29)8-5-17)34-27(35)21-3-2-12-30-26(21)31-14-20-9-11-24(36-20)18-6-10-23-22(13-18)25(28)33-15-32-23;3-1-2-4/h2-12,15,17-18,37H,13-14,16H2,1H3,(H,31,33)(H,36,38)(H,32,34,35);2-13,15-16H,14H2,1H3,(H,30,31)(H,34,35);1-4H2/t18-;16-;/m00./s1. The molecular weight excluding hydrogens is 1060 g/mol. The number of hydrogen-bond donors (Lipinski definition) is 8. The molecule has 4 aromatic carbocycles. The number of thiophene rings is 2.